The molecule has 1 aliphatic heterocycles. The predicted molar refractivity (Wildman–Crippen MR) is 89.6 cm³/mol. The molecule has 7 nitrogen and oxygen atoms in total. The number of nitrogens with zero attached hydrogens (tertiary/aromatic N) is 1. The lowest BCUT2D eigenvalue weighted by Crippen LogP contribution is -2.50. The van der Waals surface area contributed by atoms with E-state index >= 15 is 0 Å². The largest absolute Gasteiger partial charge is 0.481 e. The van der Waals surface area contributed by atoms with Crippen LogP contribution in [0.3, 0.4) is 0 Å². The summed E-state index contributed by atoms with van der Waals surface area (Å²) in [6.45, 7) is 5.81. The standard InChI is InChI=1S/C18H23NO6/c1-18(2,3)25-17(22)19-10-9-14(20)15(11-19)24-13-7-5-12(6-8-13)16(21)23-4/h5-8,15H,9-11H2,1-4H3/t15-/m0/s1. The van der Waals surface area contributed by atoms with Gasteiger partial charge in [-0.3, -0.25) is 4.79 Å². The van der Waals surface area contributed by atoms with E-state index in [1.165, 1.54) is 12.0 Å². The molecule has 1 aliphatic rings. The van der Waals surface area contributed by atoms with Crippen molar-refractivity contribution in [1.29, 1.82) is 0 Å². The van der Waals surface area contributed by atoms with Crippen LogP contribution in [0.4, 0.5) is 4.79 Å². The summed E-state index contributed by atoms with van der Waals surface area (Å²) in [6, 6.07) is 6.29. The fourth-order valence-corrected chi connectivity index (χ4v) is 2.35. The number of esters is 1. The number of ketones is 1. The van der Waals surface area contributed by atoms with Gasteiger partial charge in [-0.2, -0.15) is 0 Å². The van der Waals surface area contributed by atoms with Crippen LogP contribution in [0.15, 0.2) is 24.3 Å². The number of ether oxygens (including phenoxy) is 3. The molecule has 136 valence electrons. The van der Waals surface area contributed by atoms with E-state index in [0.29, 0.717) is 17.9 Å². The number of likely N-dealkylation sites (tertiary alicyclic amines) is 1. The molecule has 25 heavy (non-hydrogen) atoms. The van der Waals surface area contributed by atoms with Crippen LogP contribution in [0.5, 0.6) is 5.75 Å². The Morgan fingerprint density at radius 1 is 1.16 bits per heavy atom. The second-order valence-corrected chi connectivity index (χ2v) is 6.77. The average molecular weight is 349 g/mol. The summed E-state index contributed by atoms with van der Waals surface area (Å²) in [4.78, 5) is 37.1. The van der Waals surface area contributed by atoms with Crippen LogP contribution in [-0.4, -0.2) is 54.7 Å². The number of rotatable bonds is 3. The van der Waals surface area contributed by atoms with Crippen LogP contribution in [-0.2, 0) is 14.3 Å². The van der Waals surface area contributed by atoms with E-state index in [9.17, 15) is 14.4 Å². The van der Waals surface area contributed by atoms with Crippen molar-refractivity contribution in [2.24, 2.45) is 0 Å². The maximum atomic E-state index is 12.2. The molecule has 0 aromatic heterocycles. The van der Waals surface area contributed by atoms with Crippen LogP contribution >= 0.6 is 0 Å². The molecular weight excluding hydrogens is 326 g/mol. The van der Waals surface area contributed by atoms with Crippen molar-refractivity contribution in [3.8, 4) is 5.75 Å². The number of piperidine rings is 1. The molecule has 1 heterocycles. The highest BCUT2D eigenvalue weighted by atomic mass is 16.6. The second-order valence-electron chi connectivity index (χ2n) is 6.77. The van der Waals surface area contributed by atoms with Gasteiger partial charge in [-0.15, -0.1) is 0 Å². The average Bonchev–Trinajstić information content (AvgIpc) is 2.55. The van der Waals surface area contributed by atoms with Crippen molar-refractivity contribution in [1.82, 2.24) is 4.90 Å². The van der Waals surface area contributed by atoms with E-state index in [-0.39, 0.29) is 18.7 Å². The van der Waals surface area contributed by atoms with Gasteiger partial charge in [0, 0.05) is 13.0 Å². The maximum absolute atomic E-state index is 12.2. The SMILES string of the molecule is COC(=O)c1ccc(O[C@H]2CN(C(=O)OC(C)(C)C)CCC2=O)cc1. The molecule has 1 fully saturated rings. The van der Waals surface area contributed by atoms with Crippen molar-refractivity contribution in [2.45, 2.75) is 38.9 Å². The molecule has 0 radical (unpaired) electrons. The Bertz CT molecular complexity index is 647. The Balaban J connectivity index is 2.01. The molecule has 0 spiro atoms. The highest BCUT2D eigenvalue weighted by Gasteiger charge is 2.33. The first-order valence-electron chi connectivity index (χ1n) is 8.05. The molecule has 0 bridgehead atoms. The minimum atomic E-state index is -0.759. The third-order valence-corrected chi connectivity index (χ3v) is 3.58. The first-order valence-corrected chi connectivity index (χ1v) is 8.05. The highest BCUT2D eigenvalue weighted by molar-refractivity contribution is 5.89. The van der Waals surface area contributed by atoms with Crippen molar-refractivity contribution in [2.75, 3.05) is 20.2 Å². The summed E-state index contributed by atoms with van der Waals surface area (Å²) in [5.74, 6) is -0.0784. The zero-order valence-electron chi connectivity index (χ0n) is 14.9. The Morgan fingerprint density at radius 2 is 1.80 bits per heavy atom. The van der Waals surface area contributed by atoms with Gasteiger partial charge in [-0.1, -0.05) is 0 Å². The number of hydrogen-bond donors (Lipinski definition) is 0. The Morgan fingerprint density at radius 3 is 2.36 bits per heavy atom. The van der Waals surface area contributed by atoms with Crippen LogP contribution < -0.4 is 4.74 Å². The topological polar surface area (TPSA) is 82.1 Å². The maximum Gasteiger partial charge on any atom is 0.410 e. The fourth-order valence-electron chi connectivity index (χ4n) is 2.35. The van der Waals surface area contributed by atoms with Crippen molar-refractivity contribution in [3.63, 3.8) is 0 Å². The molecule has 1 atom stereocenters. The van der Waals surface area contributed by atoms with Gasteiger partial charge in [-0.05, 0) is 45.0 Å². The van der Waals surface area contributed by atoms with Crippen LogP contribution in [0.1, 0.15) is 37.6 Å². The van der Waals surface area contributed by atoms with E-state index in [1.54, 1.807) is 45.0 Å². The smallest absolute Gasteiger partial charge is 0.410 e. The van der Waals surface area contributed by atoms with Crippen molar-refractivity contribution >= 4 is 17.8 Å². The summed E-state index contributed by atoms with van der Waals surface area (Å²) in [5.41, 5.74) is -0.210. The molecule has 1 saturated heterocycles. The third-order valence-electron chi connectivity index (χ3n) is 3.58. The molecule has 0 unspecified atom stereocenters. The molecule has 2 rings (SSSR count). The Labute approximate surface area is 146 Å². The quantitative estimate of drug-likeness (QED) is 0.780. The van der Waals surface area contributed by atoms with E-state index in [1.807, 2.05) is 0 Å². The zero-order chi connectivity index (χ0) is 18.6. The number of methoxy groups -OCH3 is 1. The van der Waals surface area contributed by atoms with Gasteiger partial charge in [0.25, 0.3) is 0 Å². The highest BCUT2D eigenvalue weighted by Crippen LogP contribution is 2.19. The number of Topliss-reactive ketones (excluding diaryl/α,β-unsaturated/α-hetero) is 1. The first kappa shape index (κ1) is 18.8. The lowest BCUT2D eigenvalue weighted by Gasteiger charge is -2.33. The summed E-state index contributed by atoms with van der Waals surface area (Å²) >= 11 is 0. The lowest BCUT2D eigenvalue weighted by atomic mass is 10.1. The van der Waals surface area contributed by atoms with E-state index in [2.05, 4.69) is 4.74 Å². The Kier molecular flexibility index (Phi) is 5.66. The Hall–Kier alpha value is -2.57. The van der Waals surface area contributed by atoms with E-state index < -0.39 is 23.8 Å². The second kappa shape index (κ2) is 7.55. The molecule has 1 aromatic rings. The first-order chi connectivity index (χ1) is 11.7. The van der Waals surface area contributed by atoms with Crippen molar-refractivity contribution < 1.29 is 28.6 Å². The van der Waals surface area contributed by atoms with Crippen LogP contribution in [0, 0.1) is 0 Å². The van der Waals surface area contributed by atoms with Crippen LogP contribution in [0.25, 0.3) is 0 Å². The van der Waals surface area contributed by atoms with Gasteiger partial charge in [0.1, 0.15) is 11.4 Å². The summed E-state index contributed by atoms with van der Waals surface area (Å²) in [7, 11) is 1.30. The molecule has 0 N–H and O–H groups in total. The minimum absolute atomic E-state index is 0.0724. The number of hydrogen-bond acceptors (Lipinski definition) is 6. The van der Waals surface area contributed by atoms with Gasteiger partial charge in [0.2, 0.25) is 0 Å². The molecule has 1 amide bonds. The zero-order valence-corrected chi connectivity index (χ0v) is 14.9. The molecule has 0 saturated carbocycles. The summed E-state index contributed by atoms with van der Waals surface area (Å²) < 4.78 is 15.7. The molecule has 1 aromatic carbocycles. The molecule has 0 aliphatic carbocycles. The fraction of sp³-hybridized carbons (Fsp3) is 0.500. The molecular formula is C18H23NO6. The number of carbonyl (C=O) groups is 3. The summed E-state index contributed by atoms with van der Waals surface area (Å²) in [5, 5.41) is 0. The predicted octanol–water partition coefficient (Wildman–Crippen LogP) is 2.43. The van der Waals surface area contributed by atoms with Gasteiger partial charge in [-0.25, -0.2) is 9.59 Å². The summed E-state index contributed by atoms with van der Waals surface area (Å²) in [6.07, 6.45) is -1.01. The number of benzene rings is 1. The monoisotopic (exact) mass is 349 g/mol. The van der Waals surface area contributed by atoms with Crippen LogP contribution in [0.2, 0.25) is 0 Å². The minimum Gasteiger partial charge on any atom is -0.481 e. The van der Waals surface area contributed by atoms with E-state index in [0.717, 1.165) is 0 Å². The van der Waals surface area contributed by atoms with Crippen molar-refractivity contribution in [3.05, 3.63) is 29.8 Å². The normalized spacial score (nSPS) is 17.8. The van der Waals surface area contributed by atoms with Gasteiger partial charge < -0.3 is 19.1 Å². The number of carbonyl (C=O) groups excluding carboxylic acids is 3. The number of amides is 1. The third kappa shape index (κ3) is 5.20. The van der Waals surface area contributed by atoms with E-state index in [4.69, 9.17) is 9.47 Å². The van der Waals surface area contributed by atoms with Gasteiger partial charge in [0.15, 0.2) is 11.9 Å². The molecule has 7 heteroatoms. The van der Waals surface area contributed by atoms with Gasteiger partial charge >= 0.3 is 12.1 Å². The van der Waals surface area contributed by atoms with Gasteiger partial charge in [0.05, 0.1) is 19.2 Å². The lowest BCUT2D eigenvalue weighted by molar-refractivity contribution is -0.129.